The van der Waals surface area contributed by atoms with Crippen LogP contribution in [0.25, 0.3) is 16.0 Å². The lowest BCUT2D eigenvalue weighted by Gasteiger charge is -2.28. The molecule has 0 aliphatic carbocycles. The lowest BCUT2D eigenvalue weighted by molar-refractivity contribution is -0.132. The fraction of sp³-hybridized carbons (Fsp3) is 0.160. The second kappa shape index (κ2) is 7.74. The third-order valence-corrected chi connectivity index (χ3v) is 7.11. The summed E-state index contributed by atoms with van der Waals surface area (Å²) in [6.45, 7) is 1.27. The minimum atomic E-state index is -0.944. The molecule has 2 aromatic carbocycles. The Bertz CT molecular complexity index is 1440. The van der Waals surface area contributed by atoms with Crippen LogP contribution in [-0.4, -0.2) is 42.0 Å². The summed E-state index contributed by atoms with van der Waals surface area (Å²) in [7, 11) is 1.93. The number of para-hydroxylation sites is 1. The number of rotatable bonds is 3. The zero-order valence-electron chi connectivity index (χ0n) is 18.1. The molecule has 1 fully saturated rings. The van der Waals surface area contributed by atoms with Crippen LogP contribution < -0.4 is 14.5 Å². The number of hydrogen-bond acceptors (Lipinski definition) is 8. The van der Waals surface area contributed by atoms with Gasteiger partial charge in [0.05, 0.1) is 34.3 Å². The molecule has 8 nitrogen and oxygen atoms in total. The molecule has 2 aliphatic rings. The molecule has 1 N–H and O–H groups in total. The molecule has 0 bridgehead atoms. The summed E-state index contributed by atoms with van der Waals surface area (Å²) in [6, 6.07) is 15.1. The van der Waals surface area contributed by atoms with Gasteiger partial charge in [-0.1, -0.05) is 23.5 Å². The van der Waals surface area contributed by atoms with Crippen molar-refractivity contribution in [2.45, 2.75) is 6.04 Å². The van der Waals surface area contributed by atoms with Gasteiger partial charge in [0.25, 0.3) is 5.78 Å². The van der Waals surface area contributed by atoms with E-state index in [1.54, 1.807) is 30.3 Å². The molecule has 0 spiro atoms. The van der Waals surface area contributed by atoms with E-state index in [0.29, 0.717) is 35.4 Å². The van der Waals surface area contributed by atoms with Crippen LogP contribution in [0.5, 0.6) is 5.75 Å². The average Bonchev–Trinajstić information content (AvgIpc) is 3.57. The molecule has 0 radical (unpaired) electrons. The Balaban J connectivity index is 1.52. The van der Waals surface area contributed by atoms with Gasteiger partial charge < -0.3 is 19.2 Å². The van der Waals surface area contributed by atoms with Crippen molar-refractivity contribution in [2.75, 3.05) is 30.0 Å². The summed E-state index contributed by atoms with van der Waals surface area (Å²) < 4.78 is 12.2. The average molecular weight is 474 g/mol. The molecule has 0 saturated carbocycles. The molecule has 4 aromatic rings. The number of aliphatic hydroxyl groups excluding tert-OH is 1. The van der Waals surface area contributed by atoms with Crippen molar-refractivity contribution in [3.05, 3.63) is 77.8 Å². The summed E-state index contributed by atoms with van der Waals surface area (Å²) in [6.07, 6.45) is 1.47. The number of amides is 1. The number of carbonyl (C=O) groups excluding carboxylic acids is 2. The van der Waals surface area contributed by atoms with E-state index in [1.807, 2.05) is 36.2 Å². The van der Waals surface area contributed by atoms with Crippen molar-refractivity contribution >= 4 is 49.8 Å². The Morgan fingerprint density at radius 3 is 2.79 bits per heavy atom. The van der Waals surface area contributed by atoms with Crippen molar-refractivity contribution in [3.63, 3.8) is 0 Å². The van der Waals surface area contributed by atoms with Crippen LogP contribution in [0.3, 0.4) is 0 Å². The number of thiazole rings is 1. The van der Waals surface area contributed by atoms with Crippen molar-refractivity contribution in [1.82, 2.24) is 4.98 Å². The molecule has 1 amide bonds. The number of aliphatic hydroxyl groups is 1. The van der Waals surface area contributed by atoms with Gasteiger partial charge in [-0.2, -0.15) is 0 Å². The summed E-state index contributed by atoms with van der Waals surface area (Å²) in [4.78, 5) is 34.4. The standard InChI is InChI=1S/C25H19N3O5S/c1-27-10-12-33-17-9-8-14(13-16(17)27)22(29)20-21(18-6-4-11-32-18)28(24(31)23(20)30)25-26-15-5-2-3-7-19(15)34-25/h2-9,11,13,21,29H,10,12H2,1H3/b22-20+. The predicted octanol–water partition coefficient (Wildman–Crippen LogP) is 4.34. The number of furan rings is 1. The molecule has 2 aliphatic heterocycles. The number of benzene rings is 2. The fourth-order valence-electron chi connectivity index (χ4n) is 4.36. The second-order valence-electron chi connectivity index (χ2n) is 8.10. The van der Waals surface area contributed by atoms with Crippen LogP contribution in [0.15, 0.2) is 70.9 Å². The van der Waals surface area contributed by atoms with Crippen molar-refractivity contribution in [3.8, 4) is 5.75 Å². The molecule has 170 valence electrons. The number of Topliss-reactive ketones (excluding diaryl/α,β-unsaturated/α-hetero) is 1. The first-order valence-electron chi connectivity index (χ1n) is 10.7. The number of anilines is 2. The van der Waals surface area contributed by atoms with E-state index in [9.17, 15) is 14.7 Å². The number of aromatic nitrogens is 1. The van der Waals surface area contributed by atoms with Gasteiger partial charge in [0.1, 0.15) is 29.9 Å². The molecule has 9 heteroatoms. The third kappa shape index (κ3) is 3.08. The first-order valence-corrected chi connectivity index (χ1v) is 11.5. The van der Waals surface area contributed by atoms with Gasteiger partial charge in [-0.05, 0) is 42.5 Å². The van der Waals surface area contributed by atoms with Crippen LogP contribution in [0.2, 0.25) is 0 Å². The molecule has 1 unspecified atom stereocenters. The van der Waals surface area contributed by atoms with E-state index >= 15 is 0 Å². The van der Waals surface area contributed by atoms with Crippen LogP contribution >= 0.6 is 11.3 Å². The van der Waals surface area contributed by atoms with Crippen LogP contribution in [-0.2, 0) is 9.59 Å². The van der Waals surface area contributed by atoms with Gasteiger partial charge in [0.15, 0.2) is 5.13 Å². The van der Waals surface area contributed by atoms with E-state index in [2.05, 4.69) is 4.98 Å². The first kappa shape index (κ1) is 20.5. The van der Waals surface area contributed by atoms with Gasteiger partial charge >= 0.3 is 5.91 Å². The number of ether oxygens (including phenoxy) is 1. The summed E-state index contributed by atoms with van der Waals surface area (Å²) >= 11 is 1.30. The van der Waals surface area contributed by atoms with E-state index < -0.39 is 17.7 Å². The smallest absolute Gasteiger partial charge is 0.302 e. The number of nitrogens with zero attached hydrogens (tertiary/aromatic N) is 3. The van der Waals surface area contributed by atoms with Gasteiger partial charge in [0.2, 0.25) is 0 Å². The monoisotopic (exact) mass is 473 g/mol. The van der Waals surface area contributed by atoms with Gasteiger partial charge in [-0.3, -0.25) is 14.5 Å². The maximum atomic E-state index is 13.3. The van der Waals surface area contributed by atoms with E-state index in [4.69, 9.17) is 9.15 Å². The topological polar surface area (TPSA) is 96.1 Å². The summed E-state index contributed by atoms with van der Waals surface area (Å²) in [5, 5.41) is 11.7. The molecule has 1 atom stereocenters. The van der Waals surface area contributed by atoms with Crippen LogP contribution in [0, 0.1) is 0 Å². The predicted molar refractivity (Wildman–Crippen MR) is 128 cm³/mol. The highest BCUT2D eigenvalue weighted by molar-refractivity contribution is 7.22. The molecule has 2 aromatic heterocycles. The quantitative estimate of drug-likeness (QED) is 0.269. The van der Waals surface area contributed by atoms with Gasteiger partial charge in [-0.15, -0.1) is 0 Å². The molecular formula is C25H19N3O5S. The third-order valence-electron chi connectivity index (χ3n) is 6.07. The number of carbonyl (C=O) groups is 2. The summed E-state index contributed by atoms with van der Waals surface area (Å²) in [5.41, 5.74) is 1.89. The highest BCUT2D eigenvalue weighted by Crippen LogP contribution is 2.45. The van der Waals surface area contributed by atoms with Crippen molar-refractivity contribution in [1.29, 1.82) is 0 Å². The minimum absolute atomic E-state index is 0.0430. The van der Waals surface area contributed by atoms with E-state index in [1.165, 1.54) is 22.5 Å². The Kier molecular flexibility index (Phi) is 4.66. The minimum Gasteiger partial charge on any atom is -0.507 e. The van der Waals surface area contributed by atoms with Gasteiger partial charge in [0, 0.05) is 12.6 Å². The van der Waals surface area contributed by atoms with Crippen LogP contribution in [0.4, 0.5) is 10.8 Å². The molecule has 34 heavy (non-hydrogen) atoms. The molecule has 1 saturated heterocycles. The fourth-order valence-corrected chi connectivity index (χ4v) is 5.35. The largest absolute Gasteiger partial charge is 0.507 e. The molecular weight excluding hydrogens is 454 g/mol. The molecule has 6 rings (SSSR count). The Morgan fingerprint density at radius 2 is 2.00 bits per heavy atom. The second-order valence-corrected chi connectivity index (χ2v) is 9.11. The zero-order valence-corrected chi connectivity index (χ0v) is 18.9. The van der Waals surface area contributed by atoms with E-state index in [0.717, 1.165) is 15.9 Å². The Morgan fingerprint density at radius 1 is 1.15 bits per heavy atom. The highest BCUT2D eigenvalue weighted by Gasteiger charge is 2.49. The Hall–Kier alpha value is -4.11. The van der Waals surface area contributed by atoms with Crippen molar-refractivity contribution in [2.24, 2.45) is 0 Å². The van der Waals surface area contributed by atoms with Crippen molar-refractivity contribution < 1.29 is 23.8 Å². The zero-order chi connectivity index (χ0) is 23.4. The maximum absolute atomic E-state index is 13.3. The summed E-state index contributed by atoms with van der Waals surface area (Å²) in [5.74, 6) is -0.771. The normalized spacial score (nSPS) is 19.5. The maximum Gasteiger partial charge on any atom is 0.302 e. The Labute approximate surface area is 198 Å². The number of likely N-dealkylation sites (N-methyl/N-ethyl adjacent to an activating group) is 1. The lowest BCUT2D eigenvalue weighted by atomic mass is 9.98. The first-order chi connectivity index (χ1) is 16.5. The van der Waals surface area contributed by atoms with Gasteiger partial charge in [-0.25, -0.2) is 4.98 Å². The number of fused-ring (bicyclic) bond motifs is 2. The lowest BCUT2D eigenvalue weighted by Crippen LogP contribution is -2.29. The number of hydrogen-bond donors (Lipinski definition) is 1. The molecule has 4 heterocycles. The number of ketones is 1. The van der Waals surface area contributed by atoms with Crippen LogP contribution in [0.1, 0.15) is 17.4 Å². The van der Waals surface area contributed by atoms with E-state index in [-0.39, 0.29) is 11.3 Å². The highest BCUT2D eigenvalue weighted by atomic mass is 32.1. The SMILES string of the molecule is CN1CCOc2ccc(/C(O)=C3\C(=O)C(=O)N(c4nc5ccccc5s4)C3c3ccco3)cc21.